The molecule has 6 nitrogen and oxygen atoms in total. The van der Waals surface area contributed by atoms with Gasteiger partial charge in [-0.3, -0.25) is 4.79 Å². The molecule has 23 heavy (non-hydrogen) atoms. The van der Waals surface area contributed by atoms with Gasteiger partial charge in [-0.15, -0.1) is 11.6 Å². The Morgan fingerprint density at radius 3 is 2.30 bits per heavy atom. The highest BCUT2D eigenvalue weighted by atomic mass is 35.5. The van der Waals surface area contributed by atoms with Crippen molar-refractivity contribution in [3.63, 3.8) is 0 Å². The van der Waals surface area contributed by atoms with Crippen molar-refractivity contribution in [3.05, 3.63) is 22.8 Å². The van der Waals surface area contributed by atoms with E-state index in [0.717, 1.165) is 0 Å². The van der Waals surface area contributed by atoms with Crippen molar-refractivity contribution in [3.8, 4) is 0 Å². The lowest BCUT2D eigenvalue weighted by Gasteiger charge is -2.31. The Balaban J connectivity index is 3.42. The van der Waals surface area contributed by atoms with Crippen molar-refractivity contribution in [2.45, 2.75) is 32.7 Å². The van der Waals surface area contributed by atoms with Crippen molar-refractivity contribution in [2.75, 3.05) is 20.1 Å². The molecule has 0 aromatic rings. The third-order valence-electron chi connectivity index (χ3n) is 3.71. The number of amides is 1. The summed E-state index contributed by atoms with van der Waals surface area (Å²) in [5.74, 6) is -1.43. The molecule has 0 aliphatic heterocycles. The molecule has 128 valence electrons. The molecule has 0 saturated heterocycles. The van der Waals surface area contributed by atoms with Gasteiger partial charge in [0.2, 0.25) is 5.91 Å². The zero-order valence-corrected chi connectivity index (χ0v) is 14.5. The first-order valence-electron chi connectivity index (χ1n) is 7.32. The molecule has 0 fully saturated rings. The van der Waals surface area contributed by atoms with Crippen LogP contribution in [0.4, 0.5) is 0 Å². The highest BCUT2D eigenvalue weighted by molar-refractivity contribution is 6.17. The Labute approximate surface area is 140 Å². The molecule has 0 aromatic heterocycles. The van der Waals surface area contributed by atoms with Crippen LogP contribution < -0.4 is 5.32 Å². The molecular formula is C16H22ClNO5. The minimum Gasteiger partial charge on any atom is -0.466 e. The number of nitrogens with one attached hydrogen (secondary N) is 1. The number of halogens is 1. The molecule has 0 spiro atoms. The van der Waals surface area contributed by atoms with Crippen LogP contribution in [-0.2, 0) is 23.9 Å². The zero-order valence-electron chi connectivity index (χ0n) is 13.8. The lowest BCUT2D eigenvalue weighted by atomic mass is 9.79. The fourth-order valence-electron chi connectivity index (χ4n) is 2.63. The third-order valence-corrected chi connectivity index (χ3v) is 3.98. The first-order chi connectivity index (χ1) is 10.9. The molecule has 0 unspecified atom stereocenters. The van der Waals surface area contributed by atoms with Gasteiger partial charge in [0.1, 0.15) is 0 Å². The summed E-state index contributed by atoms with van der Waals surface area (Å²) in [6, 6.07) is -0.402. The van der Waals surface area contributed by atoms with Gasteiger partial charge in [0.05, 0.1) is 31.4 Å². The van der Waals surface area contributed by atoms with Crippen LogP contribution in [0.2, 0.25) is 0 Å². The van der Waals surface area contributed by atoms with Crippen LogP contribution in [0.5, 0.6) is 0 Å². The number of hydrogen-bond acceptors (Lipinski definition) is 5. The van der Waals surface area contributed by atoms with E-state index < -0.39 is 23.9 Å². The molecule has 1 rings (SSSR count). The summed E-state index contributed by atoms with van der Waals surface area (Å²) in [5.41, 5.74) is 1.05. The van der Waals surface area contributed by atoms with Gasteiger partial charge >= 0.3 is 11.9 Å². The molecule has 0 aromatic carbocycles. The van der Waals surface area contributed by atoms with E-state index in [2.05, 4.69) is 5.32 Å². The second-order valence-electron chi connectivity index (χ2n) is 5.27. The number of hydrogen-bond donors (Lipinski definition) is 1. The van der Waals surface area contributed by atoms with Crippen molar-refractivity contribution in [2.24, 2.45) is 5.92 Å². The summed E-state index contributed by atoms with van der Waals surface area (Å²) in [6.45, 7) is 3.15. The maximum absolute atomic E-state index is 12.2. The summed E-state index contributed by atoms with van der Waals surface area (Å²) >= 11 is 5.74. The molecule has 7 heteroatoms. The predicted octanol–water partition coefficient (Wildman–Crippen LogP) is 1.73. The van der Waals surface area contributed by atoms with Crippen LogP contribution in [0.15, 0.2) is 22.8 Å². The Kier molecular flexibility index (Phi) is 7.29. The number of carbonyl (C=O) groups is 3. The van der Waals surface area contributed by atoms with Crippen molar-refractivity contribution < 1.29 is 23.9 Å². The van der Waals surface area contributed by atoms with Crippen LogP contribution in [0.1, 0.15) is 26.7 Å². The average Bonchev–Trinajstić information content (AvgIpc) is 2.52. The van der Waals surface area contributed by atoms with E-state index in [4.69, 9.17) is 21.1 Å². The topological polar surface area (TPSA) is 81.7 Å². The van der Waals surface area contributed by atoms with Gasteiger partial charge in [-0.1, -0.05) is 13.0 Å². The number of alkyl halides is 1. The number of methoxy groups -OCH3 is 2. The minimum atomic E-state index is -0.607. The predicted molar refractivity (Wildman–Crippen MR) is 85.9 cm³/mol. The molecule has 1 amide bonds. The molecule has 0 radical (unpaired) electrons. The smallest absolute Gasteiger partial charge is 0.338 e. The number of carbonyl (C=O) groups excluding carboxylic acids is 3. The lowest BCUT2D eigenvalue weighted by Crippen LogP contribution is -2.42. The van der Waals surface area contributed by atoms with E-state index >= 15 is 0 Å². The van der Waals surface area contributed by atoms with E-state index in [1.165, 1.54) is 21.1 Å². The SMILES string of the molecule is COC(=O)C1=C(C(=O)OC)[C@@H](C)[C@@H](NC(C)=O)C=C1CCCCl. The van der Waals surface area contributed by atoms with Gasteiger partial charge in [0, 0.05) is 18.7 Å². The molecule has 1 aliphatic rings. The second-order valence-corrected chi connectivity index (χ2v) is 5.65. The van der Waals surface area contributed by atoms with Gasteiger partial charge in [-0.25, -0.2) is 9.59 Å². The first-order valence-corrected chi connectivity index (χ1v) is 7.85. The summed E-state index contributed by atoms with van der Waals surface area (Å²) in [6.07, 6.45) is 2.91. The zero-order chi connectivity index (χ0) is 17.6. The van der Waals surface area contributed by atoms with E-state index in [9.17, 15) is 14.4 Å². The number of rotatable bonds is 6. The molecule has 0 heterocycles. The molecule has 0 bridgehead atoms. The Hall–Kier alpha value is -1.82. The Morgan fingerprint density at radius 1 is 1.22 bits per heavy atom. The highest BCUT2D eigenvalue weighted by Gasteiger charge is 2.36. The van der Waals surface area contributed by atoms with E-state index in [1.54, 1.807) is 13.0 Å². The summed E-state index contributed by atoms with van der Waals surface area (Å²) in [5, 5.41) is 2.78. The Morgan fingerprint density at radius 2 is 1.83 bits per heavy atom. The molecule has 0 saturated carbocycles. The standard InChI is InChI=1S/C16H22ClNO5/c1-9-12(18-10(2)19)8-11(6-5-7-17)14(16(21)23-4)13(9)15(20)22-3/h8-9,12H,5-7H2,1-4H3,(H,18,19)/t9-,12-/m0/s1. The average molecular weight is 344 g/mol. The summed E-state index contributed by atoms with van der Waals surface area (Å²) in [4.78, 5) is 35.8. The fourth-order valence-corrected chi connectivity index (χ4v) is 2.77. The van der Waals surface area contributed by atoms with Gasteiger partial charge < -0.3 is 14.8 Å². The van der Waals surface area contributed by atoms with Crippen molar-refractivity contribution in [1.82, 2.24) is 5.32 Å². The number of esters is 2. The summed E-state index contributed by atoms with van der Waals surface area (Å²) in [7, 11) is 2.51. The van der Waals surface area contributed by atoms with Gasteiger partial charge in [-0.2, -0.15) is 0 Å². The van der Waals surface area contributed by atoms with E-state index in [-0.39, 0.29) is 17.1 Å². The Bertz CT molecular complexity index is 553. The molecule has 2 atom stereocenters. The molecule has 1 N–H and O–H groups in total. The molecule has 1 aliphatic carbocycles. The monoisotopic (exact) mass is 343 g/mol. The minimum absolute atomic E-state index is 0.207. The van der Waals surface area contributed by atoms with Gasteiger partial charge in [0.15, 0.2) is 0 Å². The van der Waals surface area contributed by atoms with Crippen LogP contribution in [0.3, 0.4) is 0 Å². The highest BCUT2D eigenvalue weighted by Crippen LogP contribution is 2.34. The first kappa shape index (κ1) is 19.2. The lowest BCUT2D eigenvalue weighted by molar-refractivity contribution is -0.139. The summed E-state index contributed by atoms with van der Waals surface area (Å²) < 4.78 is 9.64. The second kappa shape index (κ2) is 8.72. The van der Waals surface area contributed by atoms with Gasteiger partial charge in [-0.05, 0) is 18.4 Å². The van der Waals surface area contributed by atoms with Crippen molar-refractivity contribution >= 4 is 29.4 Å². The van der Waals surface area contributed by atoms with Crippen molar-refractivity contribution in [1.29, 1.82) is 0 Å². The van der Waals surface area contributed by atoms with Gasteiger partial charge in [0.25, 0.3) is 0 Å². The number of ether oxygens (including phenoxy) is 2. The van der Waals surface area contributed by atoms with Crippen LogP contribution in [0.25, 0.3) is 0 Å². The van der Waals surface area contributed by atoms with E-state index in [1.807, 2.05) is 0 Å². The van der Waals surface area contributed by atoms with Crippen LogP contribution in [-0.4, -0.2) is 44.0 Å². The third kappa shape index (κ3) is 4.58. The normalized spacial score (nSPS) is 20.7. The quantitative estimate of drug-likeness (QED) is 0.586. The van der Waals surface area contributed by atoms with Crippen LogP contribution in [0, 0.1) is 5.92 Å². The fraction of sp³-hybridized carbons (Fsp3) is 0.562. The maximum atomic E-state index is 12.2. The van der Waals surface area contributed by atoms with E-state index in [0.29, 0.717) is 24.3 Å². The maximum Gasteiger partial charge on any atom is 0.338 e. The van der Waals surface area contributed by atoms with Crippen LogP contribution >= 0.6 is 11.6 Å². The molecular weight excluding hydrogens is 322 g/mol. The largest absolute Gasteiger partial charge is 0.466 e.